The highest BCUT2D eigenvalue weighted by molar-refractivity contribution is 7.90. The van der Waals surface area contributed by atoms with Crippen LogP contribution in [0.4, 0.5) is 0 Å². The molecule has 0 radical (unpaired) electrons. The molecule has 0 aromatic heterocycles. The van der Waals surface area contributed by atoms with Gasteiger partial charge >= 0.3 is 0 Å². The van der Waals surface area contributed by atoms with Gasteiger partial charge in [0.25, 0.3) is 0 Å². The Morgan fingerprint density at radius 1 is 1.05 bits per heavy atom. The average molecular weight is 300 g/mol. The summed E-state index contributed by atoms with van der Waals surface area (Å²) in [5.74, 6) is 5.79. The number of hydrogen-bond acceptors (Lipinski definition) is 3. The molecular formula is C17H16O3S. The maximum Gasteiger partial charge on any atom is 0.175 e. The van der Waals surface area contributed by atoms with Gasteiger partial charge in [0.15, 0.2) is 9.84 Å². The molecular weight excluding hydrogens is 284 g/mol. The van der Waals surface area contributed by atoms with Gasteiger partial charge < -0.3 is 5.11 Å². The first kappa shape index (κ1) is 15.3. The van der Waals surface area contributed by atoms with E-state index in [1.165, 1.54) is 6.26 Å². The first-order valence-electron chi connectivity index (χ1n) is 6.42. The molecule has 0 aliphatic rings. The molecule has 2 aromatic rings. The van der Waals surface area contributed by atoms with Crippen molar-refractivity contribution in [3.63, 3.8) is 0 Å². The van der Waals surface area contributed by atoms with E-state index in [0.29, 0.717) is 4.90 Å². The van der Waals surface area contributed by atoms with Crippen molar-refractivity contribution in [1.82, 2.24) is 0 Å². The van der Waals surface area contributed by atoms with Crippen molar-refractivity contribution >= 4 is 9.84 Å². The van der Waals surface area contributed by atoms with Gasteiger partial charge in [0.1, 0.15) is 0 Å². The summed E-state index contributed by atoms with van der Waals surface area (Å²) in [5.41, 5.74) is 3.40. The van der Waals surface area contributed by atoms with Gasteiger partial charge in [-0.15, -0.1) is 5.92 Å². The van der Waals surface area contributed by atoms with Crippen LogP contribution in [0.2, 0.25) is 0 Å². The molecule has 0 aliphatic heterocycles. The molecule has 0 fully saturated rings. The van der Waals surface area contributed by atoms with Crippen LogP contribution >= 0.6 is 0 Å². The third kappa shape index (κ3) is 3.52. The predicted octanol–water partition coefficient (Wildman–Crippen LogP) is 2.62. The Labute approximate surface area is 125 Å². The van der Waals surface area contributed by atoms with Crippen LogP contribution in [0.25, 0.3) is 11.1 Å². The Morgan fingerprint density at radius 3 is 2.19 bits per heavy atom. The van der Waals surface area contributed by atoms with Crippen LogP contribution in [-0.4, -0.2) is 19.8 Å². The number of aliphatic hydroxyl groups is 1. The van der Waals surface area contributed by atoms with Gasteiger partial charge in [-0.1, -0.05) is 30.2 Å². The lowest BCUT2D eigenvalue weighted by molar-refractivity contribution is 0.281. The van der Waals surface area contributed by atoms with E-state index in [9.17, 15) is 13.5 Å². The third-order valence-electron chi connectivity index (χ3n) is 3.16. The monoisotopic (exact) mass is 300 g/mol. The number of hydrogen-bond donors (Lipinski definition) is 1. The van der Waals surface area contributed by atoms with Crippen LogP contribution in [-0.2, 0) is 16.4 Å². The molecule has 21 heavy (non-hydrogen) atoms. The summed E-state index contributed by atoms with van der Waals surface area (Å²) in [5, 5.41) is 9.30. The molecule has 1 N–H and O–H groups in total. The van der Waals surface area contributed by atoms with E-state index in [-0.39, 0.29) is 6.61 Å². The van der Waals surface area contributed by atoms with E-state index < -0.39 is 9.84 Å². The molecule has 108 valence electrons. The molecule has 0 atom stereocenters. The lowest BCUT2D eigenvalue weighted by Gasteiger charge is -2.07. The van der Waals surface area contributed by atoms with E-state index in [2.05, 4.69) is 11.8 Å². The van der Waals surface area contributed by atoms with E-state index in [1.54, 1.807) is 31.2 Å². The maximum atomic E-state index is 11.5. The third-order valence-corrected chi connectivity index (χ3v) is 4.28. The second kappa shape index (κ2) is 6.13. The van der Waals surface area contributed by atoms with E-state index >= 15 is 0 Å². The minimum atomic E-state index is -3.18. The van der Waals surface area contributed by atoms with Crippen molar-refractivity contribution < 1.29 is 13.5 Å². The zero-order valence-corrected chi connectivity index (χ0v) is 12.7. The lowest BCUT2D eigenvalue weighted by atomic mass is 9.99. The van der Waals surface area contributed by atoms with Gasteiger partial charge in [-0.3, -0.25) is 0 Å². The van der Waals surface area contributed by atoms with Gasteiger partial charge in [-0.05, 0) is 41.8 Å². The molecule has 0 amide bonds. The molecule has 4 heteroatoms. The molecule has 0 spiro atoms. The minimum absolute atomic E-state index is 0.0582. The van der Waals surface area contributed by atoms with E-state index in [1.807, 2.05) is 18.2 Å². The van der Waals surface area contributed by atoms with Crippen molar-refractivity contribution in [2.45, 2.75) is 18.4 Å². The predicted molar refractivity (Wildman–Crippen MR) is 83.5 cm³/mol. The molecule has 2 aromatic carbocycles. The molecule has 0 aliphatic carbocycles. The molecule has 0 heterocycles. The number of sulfone groups is 1. The molecule has 0 saturated carbocycles. The van der Waals surface area contributed by atoms with Gasteiger partial charge in [0.2, 0.25) is 0 Å². The largest absolute Gasteiger partial charge is 0.392 e. The maximum absolute atomic E-state index is 11.5. The van der Waals surface area contributed by atoms with Gasteiger partial charge in [-0.25, -0.2) is 8.42 Å². The Balaban J connectivity index is 2.46. The van der Waals surface area contributed by atoms with Crippen LogP contribution < -0.4 is 0 Å². The zero-order chi connectivity index (χ0) is 15.5. The quantitative estimate of drug-likeness (QED) is 0.887. The van der Waals surface area contributed by atoms with Crippen molar-refractivity contribution in [2.75, 3.05) is 6.26 Å². The van der Waals surface area contributed by atoms with Crippen molar-refractivity contribution in [2.24, 2.45) is 0 Å². The molecule has 0 saturated heterocycles. The van der Waals surface area contributed by atoms with Crippen LogP contribution in [0.1, 0.15) is 18.1 Å². The summed E-state index contributed by atoms with van der Waals surface area (Å²) in [6.45, 7) is 1.69. The SMILES string of the molecule is CC#Cc1cc(-c2ccc(S(C)(=O)=O)cc2)ccc1CO. The first-order valence-corrected chi connectivity index (χ1v) is 8.32. The highest BCUT2D eigenvalue weighted by atomic mass is 32.2. The van der Waals surface area contributed by atoms with Gasteiger partial charge in [0, 0.05) is 11.8 Å². The second-order valence-corrected chi connectivity index (χ2v) is 6.72. The van der Waals surface area contributed by atoms with Gasteiger partial charge in [0.05, 0.1) is 11.5 Å². The fourth-order valence-corrected chi connectivity index (χ4v) is 2.67. The fraction of sp³-hybridized carbons (Fsp3) is 0.176. The molecule has 0 bridgehead atoms. The topological polar surface area (TPSA) is 54.4 Å². The van der Waals surface area contributed by atoms with Crippen LogP contribution in [0.5, 0.6) is 0 Å². The van der Waals surface area contributed by atoms with Gasteiger partial charge in [-0.2, -0.15) is 0 Å². The van der Waals surface area contributed by atoms with E-state index in [0.717, 1.165) is 22.3 Å². The van der Waals surface area contributed by atoms with Crippen molar-refractivity contribution in [3.8, 4) is 23.0 Å². The Hall–Kier alpha value is -2.09. The molecule has 3 nitrogen and oxygen atoms in total. The molecule has 0 unspecified atom stereocenters. The van der Waals surface area contributed by atoms with Crippen molar-refractivity contribution in [1.29, 1.82) is 0 Å². The Kier molecular flexibility index (Phi) is 4.46. The summed E-state index contributed by atoms with van der Waals surface area (Å²) < 4.78 is 22.9. The van der Waals surface area contributed by atoms with Crippen molar-refractivity contribution in [3.05, 3.63) is 53.6 Å². The lowest BCUT2D eigenvalue weighted by Crippen LogP contribution is -1.96. The number of rotatable bonds is 3. The standard InChI is InChI=1S/C17H16O3S/c1-3-4-14-11-15(5-6-16(14)12-18)13-7-9-17(10-8-13)21(2,19)20/h5-11,18H,12H2,1-2H3. The summed E-state index contributed by atoms with van der Waals surface area (Å²) in [6, 6.07) is 12.4. The van der Waals surface area contributed by atoms with Crippen LogP contribution in [0.15, 0.2) is 47.4 Å². The highest BCUT2D eigenvalue weighted by Gasteiger charge is 2.08. The summed E-state index contributed by atoms with van der Waals surface area (Å²) in [7, 11) is -3.18. The number of benzene rings is 2. The summed E-state index contributed by atoms with van der Waals surface area (Å²) >= 11 is 0. The van der Waals surface area contributed by atoms with E-state index in [4.69, 9.17) is 0 Å². The second-order valence-electron chi connectivity index (χ2n) is 4.70. The molecule has 2 rings (SSSR count). The minimum Gasteiger partial charge on any atom is -0.392 e. The smallest absolute Gasteiger partial charge is 0.175 e. The highest BCUT2D eigenvalue weighted by Crippen LogP contribution is 2.24. The first-order chi connectivity index (χ1) is 9.95. The number of aliphatic hydroxyl groups excluding tert-OH is 1. The van der Waals surface area contributed by atoms with Crippen LogP contribution in [0, 0.1) is 11.8 Å². The Morgan fingerprint density at radius 2 is 1.67 bits per heavy atom. The fourth-order valence-electron chi connectivity index (χ4n) is 2.04. The summed E-state index contributed by atoms with van der Waals surface area (Å²) in [4.78, 5) is 0.298. The average Bonchev–Trinajstić information content (AvgIpc) is 2.47. The zero-order valence-electron chi connectivity index (χ0n) is 11.9. The Bertz CT molecular complexity index is 807. The van der Waals surface area contributed by atoms with Crippen LogP contribution in [0.3, 0.4) is 0 Å². The normalized spacial score (nSPS) is 10.8. The summed E-state index contributed by atoms with van der Waals surface area (Å²) in [6.07, 6.45) is 1.19.